The Morgan fingerprint density at radius 1 is 1.07 bits per heavy atom. The molecule has 3 aromatic rings. The molecule has 1 aliphatic rings. The predicted molar refractivity (Wildman–Crippen MR) is 109 cm³/mol. The van der Waals surface area contributed by atoms with Crippen LogP contribution in [0, 0.1) is 6.92 Å². The van der Waals surface area contributed by atoms with E-state index in [1.165, 1.54) is 4.31 Å². The van der Waals surface area contributed by atoms with Crippen LogP contribution in [0.1, 0.15) is 36.8 Å². The van der Waals surface area contributed by atoms with Crippen LogP contribution in [0.2, 0.25) is 0 Å². The third-order valence-corrected chi connectivity index (χ3v) is 7.36. The van der Waals surface area contributed by atoms with Gasteiger partial charge in [0.05, 0.1) is 4.90 Å². The van der Waals surface area contributed by atoms with E-state index in [-0.39, 0.29) is 4.90 Å². The molecule has 0 saturated carbocycles. The lowest BCUT2D eigenvalue weighted by atomic mass is 10.1. The summed E-state index contributed by atoms with van der Waals surface area (Å²) in [6.45, 7) is 2.37. The van der Waals surface area contributed by atoms with Crippen LogP contribution in [-0.4, -0.2) is 29.4 Å². The fourth-order valence-corrected chi connectivity index (χ4v) is 5.29. The van der Waals surface area contributed by atoms with Gasteiger partial charge >= 0.3 is 0 Å². The molecule has 1 atom stereocenters. The second-order valence-electron chi connectivity index (χ2n) is 6.90. The standard InChI is InChI=1S/C20H20BrN3O3S/c1-14-5-11-17(12-6-14)28(25,26)24-13-3-2-4-18(24)20-22-19(23-27-20)15-7-9-16(21)10-8-15/h5-12,18H,2-4,13H2,1H3. The first kappa shape index (κ1) is 19.3. The number of benzene rings is 2. The summed E-state index contributed by atoms with van der Waals surface area (Å²) in [6.07, 6.45) is 2.39. The molecule has 0 bridgehead atoms. The third kappa shape index (κ3) is 3.76. The molecule has 1 unspecified atom stereocenters. The maximum Gasteiger partial charge on any atom is 0.245 e. The van der Waals surface area contributed by atoms with E-state index in [2.05, 4.69) is 26.1 Å². The second-order valence-corrected chi connectivity index (χ2v) is 9.71. The van der Waals surface area contributed by atoms with Crippen molar-refractivity contribution in [3.05, 3.63) is 64.5 Å². The number of halogens is 1. The molecule has 6 nitrogen and oxygen atoms in total. The largest absolute Gasteiger partial charge is 0.337 e. The lowest BCUT2D eigenvalue weighted by Crippen LogP contribution is -2.38. The first-order valence-corrected chi connectivity index (χ1v) is 11.4. The Morgan fingerprint density at radius 3 is 2.50 bits per heavy atom. The fraction of sp³-hybridized carbons (Fsp3) is 0.300. The number of piperidine rings is 1. The number of aromatic nitrogens is 2. The van der Waals surface area contributed by atoms with Crippen LogP contribution in [0.25, 0.3) is 11.4 Å². The van der Waals surface area contributed by atoms with Gasteiger partial charge in [0.2, 0.25) is 21.7 Å². The van der Waals surface area contributed by atoms with E-state index in [0.717, 1.165) is 28.4 Å². The minimum Gasteiger partial charge on any atom is -0.337 e. The molecule has 0 radical (unpaired) electrons. The summed E-state index contributed by atoms with van der Waals surface area (Å²) in [5, 5.41) is 4.07. The number of hydrogen-bond donors (Lipinski definition) is 0. The lowest BCUT2D eigenvalue weighted by Gasteiger charge is -2.32. The highest BCUT2D eigenvalue weighted by Gasteiger charge is 2.37. The Kier molecular flexibility index (Phi) is 5.35. The van der Waals surface area contributed by atoms with Crippen molar-refractivity contribution in [2.24, 2.45) is 0 Å². The monoisotopic (exact) mass is 461 g/mol. The van der Waals surface area contributed by atoms with Crippen LogP contribution in [0.15, 0.2) is 62.4 Å². The van der Waals surface area contributed by atoms with Gasteiger partial charge in [-0.05, 0) is 56.2 Å². The molecule has 146 valence electrons. The quantitative estimate of drug-likeness (QED) is 0.561. The van der Waals surface area contributed by atoms with E-state index < -0.39 is 16.1 Å². The first-order valence-electron chi connectivity index (χ1n) is 9.13. The maximum absolute atomic E-state index is 13.2. The maximum atomic E-state index is 13.2. The molecular weight excluding hydrogens is 442 g/mol. The summed E-state index contributed by atoms with van der Waals surface area (Å²) in [7, 11) is -3.64. The Balaban J connectivity index is 1.66. The van der Waals surface area contributed by atoms with Crippen LogP contribution < -0.4 is 0 Å². The van der Waals surface area contributed by atoms with E-state index in [0.29, 0.717) is 24.7 Å². The highest BCUT2D eigenvalue weighted by atomic mass is 79.9. The molecule has 0 aliphatic carbocycles. The van der Waals surface area contributed by atoms with Crippen LogP contribution in [-0.2, 0) is 10.0 Å². The van der Waals surface area contributed by atoms with Gasteiger partial charge in [-0.25, -0.2) is 8.42 Å². The van der Waals surface area contributed by atoms with Gasteiger partial charge < -0.3 is 4.52 Å². The van der Waals surface area contributed by atoms with Crippen molar-refractivity contribution >= 4 is 26.0 Å². The number of aryl methyl sites for hydroxylation is 1. The summed E-state index contributed by atoms with van der Waals surface area (Å²) < 4.78 is 34.4. The molecule has 4 rings (SSSR count). The van der Waals surface area contributed by atoms with E-state index in [4.69, 9.17) is 4.52 Å². The zero-order chi connectivity index (χ0) is 19.7. The van der Waals surface area contributed by atoms with E-state index >= 15 is 0 Å². The minimum absolute atomic E-state index is 0.289. The van der Waals surface area contributed by atoms with Crippen molar-refractivity contribution in [2.45, 2.75) is 37.1 Å². The van der Waals surface area contributed by atoms with Crippen LogP contribution in [0.3, 0.4) is 0 Å². The SMILES string of the molecule is Cc1ccc(S(=O)(=O)N2CCCCC2c2nc(-c3ccc(Br)cc3)no2)cc1. The zero-order valence-corrected chi connectivity index (χ0v) is 17.8. The summed E-state index contributed by atoms with van der Waals surface area (Å²) >= 11 is 3.40. The second kappa shape index (κ2) is 7.77. The fourth-order valence-electron chi connectivity index (χ4n) is 3.37. The highest BCUT2D eigenvalue weighted by Crippen LogP contribution is 2.35. The van der Waals surface area contributed by atoms with Crippen molar-refractivity contribution in [3.63, 3.8) is 0 Å². The van der Waals surface area contributed by atoms with Gasteiger partial charge in [0.15, 0.2) is 0 Å². The van der Waals surface area contributed by atoms with E-state index in [9.17, 15) is 8.42 Å². The number of nitrogens with zero attached hydrogens (tertiary/aromatic N) is 3. The molecule has 28 heavy (non-hydrogen) atoms. The Hall–Kier alpha value is -2.03. The average Bonchev–Trinajstić information content (AvgIpc) is 3.19. The topological polar surface area (TPSA) is 76.3 Å². The van der Waals surface area contributed by atoms with Gasteiger partial charge in [-0.3, -0.25) is 0 Å². The predicted octanol–water partition coefficient (Wildman–Crippen LogP) is 4.72. The zero-order valence-electron chi connectivity index (χ0n) is 15.4. The van der Waals surface area contributed by atoms with Gasteiger partial charge in [0.1, 0.15) is 6.04 Å². The number of sulfonamides is 1. The molecule has 1 fully saturated rings. The van der Waals surface area contributed by atoms with Gasteiger partial charge in [0, 0.05) is 16.6 Å². The van der Waals surface area contributed by atoms with Gasteiger partial charge in [0.25, 0.3) is 0 Å². The lowest BCUT2D eigenvalue weighted by molar-refractivity contribution is 0.204. The first-order chi connectivity index (χ1) is 13.4. The van der Waals surface area contributed by atoms with Crippen molar-refractivity contribution < 1.29 is 12.9 Å². The van der Waals surface area contributed by atoms with Crippen molar-refractivity contribution in [1.82, 2.24) is 14.4 Å². The molecule has 8 heteroatoms. The molecule has 1 aliphatic heterocycles. The summed E-state index contributed by atoms with van der Waals surface area (Å²) in [5.41, 5.74) is 1.84. The van der Waals surface area contributed by atoms with E-state index in [1.807, 2.05) is 43.3 Å². The molecule has 1 saturated heterocycles. The minimum atomic E-state index is -3.64. The molecule has 0 amide bonds. The van der Waals surface area contributed by atoms with Crippen molar-refractivity contribution in [2.75, 3.05) is 6.54 Å². The van der Waals surface area contributed by atoms with Crippen molar-refractivity contribution in [3.8, 4) is 11.4 Å². The Morgan fingerprint density at radius 2 is 1.79 bits per heavy atom. The molecule has 0 spiro atoms. The highest BCUT2D eigenvalue weighted by molar-refractivity contribution is 9.10. The normalized spacial score (nSPS) is 18.3. The van der Waals surface area contributed by atoms with Gasteiger partial charge in [-0.2, -0.15) is 9.29 Å². The summed E-state index contributed by atoms with van der Waals surface area (Å²) in [6, 6.07) is 14.1. The smallest absolute Gasteiger partial charge is 0.245 e. The summed E-state index contributed by atoms with van der Waals surface area (Å²) in [4.78, 5) is 4.80. The molecule has 2 aromatic carbocycles. The van der Waals surface area contributed by atoms with Crippen LogP contribution in [0.4, 0.5) is 0 Å². The molecular formula is C20H20BrN3O3S. The Bertz CT molecular complexity index is 1060. The Labute approximate surface area is 172 Å². The van der Waals surface area contributed by atoms with Crippen molar-refractivity contribution in [1.29, 1.82) is 0 Å². The molecule has 0 N–H and O–H groups in total. The average molecular weight is 462 g/mol. The van der Waals surface area contributed by atoms with Crippen LogP contribution in [0.5, 0.6) is 0 Å². The molecule has 2 heterocycles. The number of rotatable bonds is 4. The van der Waals surface area contributed by atoms with Gasteiger partial charge in [-0.1, -0.05) is 45.2 Å². The van der Waals surface area contributed by atoms with E-state index in [1.54, 1.807) is 12.1 Å². The number of hydrogen-bond acceptors (Lipinski definition) is 5. The van der Waals surface area contributed by atoms with Crippen LogP contribution >= 0.6 is 15.9 Å². The molecule has 1 aromatic heterocycles. The third-order valence-electron chi connectivity index (χ3n) is 4.91. The van der Waals surface area contributed by atoms with Gasteiger partial charge in [-0.15, -0.1) is 0 Å². The summed E-state index contributed by atoms with van der Waals surface area (Å²) in [5.74, 6) is 0.800.